The van der Waals surface area contributed by atoms with Crippen molar-refractivity contribution in [1.82, 2.24) is 10.2 Å². The molecule has 4 nitrogen and oxygen atoms in total. The third-order valence-corrected chi connectivity index (χ3v) is 3.66. The third kappa shape index (κ3) is 1.98. The highest BCUT2D eigenvalue weighted by molar-refractivity contribution is 6.05. The Labute approximate surface area is 96.4 Å². The summed E-state index contributed by atoms with van der Waals surface area (Å²) >= 11 is 0. The summed E-state index contributed by atoms with van der Waals surface area (Å²) in [6.45, 7) is 4.24. The summed E-state index contributed by atoms with van der Waals surface area (Å²) in [4.78, 5) is 25.2. The van der Waals surface area contributed by atoms with Gasteiger partial charge in [0.25, 0.3) is 0 Å². The molecule has 0 aromatic rings. The number of hydrogen-bond acceptors (Lipinski definition) is 3. The monoisotopic (exact) mass is 224 g/mol. The summed E-state index contributed by atoms with van der Waals surface area (Å²) in [5.74, 6) is 0.614. The highest BCUT2D eigenvalue weighted by atomic mass is 16.2. The molecule has 2 aliphatic rings. The summed E-state index contributed by atoms with van der Waals surface area (Å²) in [6.07, 6.45) is 2.78. The number of carbonyl (C=O) groups excluding carboxylic acids is 2. The molecule has 2 fully saturated rings. The van der Waals surface area contributed by atoms with E-state index in [1.165, 1.54) is 17.7 Å². The molecule has 2 amide bonds. The number of hydrogen-bond donors (Lipinski definition) is 1. The minimum atomic E-state index is -0.501. The molecule has 2 rings (SSSR count). The minimum absolute atomic E-state index is 0.0154. The first-order valence-corrected chi connectivity index (χ1v) is 5.98. The normalized spacial score (nSPS) is 26.3. The van der Waals surface area contributed by atoms with Gasteiger partial charge in [0.05, 0.1) is 5.41 Å². The molecule has 4 heteroatoms. The molecule has 90 valence electrons. The molecule has 1 aliphatic carbocycles. The Morgan fingerprint density at radius 1 is 1.44 bits per heavy atom. The fourth-order valence-corrected chi connectivity index (χ4v) is 2.38. The lowest BCUT2D eigenvalue weighted by molar-refractivity contribution is -0.141. The Balaban J connectivity index is 2.03. The van der Waals surface area contributed by atoms with Crippen LogP contribution in [0.4, 0.5) is 0 Å². The molecule has 1 unspecified atom stereocenters. The molecule has 1 aliphatic heterocycles. The number of carbonyl (C=O) groups is 2. The second-order valence-electron chi connectivity index (χ2n) is 5.60. The molecule has 0 bridgehead atoms. The zero-order valence-electron chi connectivity index (χ0n) is 10.2. The van der Waals surface area contributed by atoms with E-state index in [2.05, 4.69) is 5.32 Å². The van der Waals surface area contributed by atoms with E-state index in [1.807, 2.05) is 20.9 Å². The zero-order valence-corrected chi connectivity index (χ0v) is 10.2. The van der Waals surface area contributed by atoms with Crippen LogP contribution < -0.4 is 5.32 Å². The van der Waals surface area contributed by atoms with E-state index in [0.29, 0.717) is 18.9 Å². The van der Waals surface area contributed by atoms with Crippen molar-refractivity contribution < 1.29 is 9.59 Å². The summed E-state index contributed by atoms with van der Waals surface area (Å²) in [5.41, 5.74) is -0.501. The molecule has 0 radical (unpaired) electrons. The van der Waals surface area contributed by atoms with Crippen molar-refractivity contribution in [2.45, 2.75) is 39.2 Å². The van der Waals surface area contributed by atoms with Crippen LogP contribution in [0.2, 0.25) is 0 Å². The van der Waals surface area contributed by atoms with E-state index in [4.69, 9.17) is 0 Å². The van der Waals surface area contributed by atoms with Crippen LogP contribution in [0.5, 0.6) is 0 Å². The van der Waals surface area contributed by atoms with E-state index in [-0.39, 0.29) is 17.9 Å². The first kappa shape index (κ1) is 11.6. The molecule has 1 atom stereocenters. The lowest BCUT2D eigenvalue weighted by atomic mass is 9.92. The summed E-state index contributed by atoms with van der Waals surface area (Å²) in [5, 5.41) is 3.21. The largest absolute Gasteiger partial charge is 0.315 e. The molecular weight excluding hydrogens is 204 g/mol. The summed E-state index contributed by atoms with van der Waals surface area (Å²) in [7, 11) is 1.90. The maximum absolute atomic E-state index is 12.0. The van der Waals surface area contributed by atoms with Gasteiger partial charge in [-0.25, -0.2) is 0 Å². The van der Waals surface area contributed by atoms with Crippen LogP contribution in [0.3, 0.4) is 0 Å². The molecule has 16 heavy (non-hydrogen) atoms. The highest BCUT2D eigenvalue weighted by Gasteiger charge is 2.46. The molecular formula is C12H20N2O2. The van der Waals surface area contributed by atoms with E-state index in [0.717, 1.165) is 0 Å². The molecule has 0 aromatic heterocycles. The average Bonchev–Trinajstić information content (AvgIpc) is 2.98. The first-order valence-electron chi connectivity index (χ1n) is 5.98. The van der Waals surface area contributed by atoms with Crippen molar-refractivity contribution in [3.63, 3.8) is 0 Å². The SMILES string of the molecule is CNC(CN1C(=O)CC(C)(C)C1=O)C1CC1. The highest BCUT2D eigenvalue weighted by Crippen LogP contribution is 2.36. The molecule has 0 spiro atoms. The number of rotatable bonds is 4. The van der Waals surface area contributed by atoms with Gasteiger partial charge in [-0.1, -0.05) is 13.8 Å². The number of likely N-dealkylation sites (tertiary alicyclic amines) is 1. The number of nitrogens with zero attached hydrogens (tertiary/aromatic N) is 1. The van der Waals surface area contributed by atoms with Gasteiger partial charge in [0, 0.05) is 19.0 Å². The molecule has 1 saturated carbocycles. The Bertz CT molecular complexity index is 321. The smallest absolute Gasteiger partial charge is 0.235 e. The number of likely N-dealkylation sites (N-methyl/N-ethyl adjacent to an activating group) is 1. The topological polar surface area (TPSA) is 49.4 Å². The van der Waals surface area contributed by atoms with Crippen molar-refractivity contribution in [1.29, 1.82) is 0 Å². The van der Waals surface area contributed by atoms with Gasteiger partial charge in [0.15, 0.2) is 0 Å². The van der Waals surface area contributed by atoms with E-state index >= 15 is 0 Å². The Morgan fingerprint density at radius 2 is 2.06 bits per heavy atom. The van der Waals surface area contributed by atoms with Crippen LogP contribution in [0.25, 0.3) is 0 Å². The maximum atomic E-state index is 12.0. The van der Waals surface area contributed by atoms with Crippen molar-refractivity contribution in [3.8, 4) is 0 Å². The Morgan fingerprint density at radius 3 is 2.44 bits per heavy atom. The molecule has 0 aromatic carbocycles. The van der Waals surface area contributed by atoms with Crippen LogP contribution in [0.15, 0.2) is 0 Å². The van der Waals surface area contributed by atoms with Crippen LogP contribution in [0.1, 0.15) is 33.1 Å². The minimum Gasteiger partial charge on any atom is -0.315 e. The van der Waals surface area contributed by atoms with Crippen molar-refractivity contribution >= 4 is 11.8 Å². The van der Waals surface area contributed by atoms with Gasteiger partial charge in [-0.15, -0.1) is 0 Å². The summed E-state index contributed by atoms with van der Waals surface area (Å²) < 4.78 is 0. The maximum Gasteiger partial charge on any atom is 0.235 e. The van der Waals surface area contributed by atoms with Gasteiger partial charge in [-0.05, 0) is 25.8 Å². The fraction of sp³-hybridized carbons (Fsp3) is 0.833. The van der Waals surface area contributed by atoms with Crippen molar-refractivity contribution in [2.75, 3.05) is 13.6 Å². The quantitative estimate of drug-likeness (QED) is 0.718. The Kier molecular flexibility index (Phi) is 2.78. The predicted octanol–water partition coefficient (Wildman–Crippen LogP) is 0.769. The van der Waals surface area contributed by atoms with Gasteiger partial charge in [0.2, 0.25) is 11.8 Å². The third-order valence-electron chi connectivity index (χ3n) is 3.66. The first-order chi connectivity index (χ1) is 7.45. The lowest BCUT2D eigenvalue weighted by Gasteiger charge is -2.23. The second kappa shape index (κ2) is 3.84. The Hall–Kier alpha value is -0.900. The molecule has 1 saturated heterocycles. The van der Waals surface area contributed by atoms with E-state index in [1.54, 1.807) is 0 Å². The fourth-order valence-electron chi connectivity index (χ4n) is 2.38. The van der Waals surface area contributed by atoms with E-state index < -0.39 is 5.41 Å². The van der Waals surface area contributed by atoms with Crippen molar-refractivity contribution in [2.24, 2.45) is 11.3 Å². The van der Waals surface area contributed by atoms with Gasteiger partial charge in [0.1, 0.15) is 0 Å². The number of imide groups is 1. The second-order valence-corrected chi connectivity index (χ2v) is 5.60. The van der Waals surface area contributed by atoms with Crippen molar-refractivity contribution in [3.05, 3.63) is 0 Å². The standard InChI is InChI=1S/C12H20N2O2/c1-12(2)6-10(15)14(11(12)16)7-9(13-3)8-4-5-8/h8-9,13H,4-7H2,1-3H3. The molecule has 1 heterocycles. The van der Waals surface area contributed by atoms with Crippen LogP contribution in [-0.2, 0) is 9.59 Å². The van der Waals surface area contributed by atoms with Crippen LogP contribution in [0, 0.1) is 11.3 Å². The summed E-state index contributed by atoms with van der Waals surface area (Å²) in [6, 6.07) is 0.279. The number of nitrogens with one attached hydrogen (secondary N) is 1. The number of amides is 2. The molecule has 1 N–H and O–H groups in total. The van der Waals surface area contributed by atoms with Gasteiger partial charge in [-0.3, -0.25) is 14.5 Å². The average molecular weight is 224 g/mol. The van der Waals surface area contributed by atoms with Gasteiger partial charge in [-0.2, -0.15) is 0 Å². The van der Waals surface area contributed by atoms with E-state index in [9.17, 15) is 9.59 Å². The van der Waals surface area contributed by atoms with Crippen LogP contribution >= 0.6 is 0 Å². The van der Waals surface area contributed by atoms with Gasteiger partial charge >= 0.3 is 0 Å². The van der Waals surface area contributed by atoms with Crippen LogP contribution in [-0.4, -0.2) is 36.3 Å². The van der Waals surface area contributed by atoms with Gasteiger partial charge < -0.3 is 5.32 Å². The zero-order chi connectivity index (χ0) is 11.9. The lowest BCUT2D eigenvalue weighted by Crippen LogP contribution is -2.44. The predicted molar refractivity (Wildman–Crippen MR) is 60.7 cm³/mol.